The van der Waals surface area contributed by atoms with E-state index in [9.17, 15) is 0 Å². The van der Waals surface area contributed by atoms with E-state index in [0.29, 0.717) is 0 Å². The van der Waals surface area contributed by atoms with Gasteiger partial charge >= 0.3 is 0 Å². The molecule has 0 unspecified atom stereocenters. The van der Waals surface area contributed by atoms with Gasteiger partial charge in [-0.1, -0.05) is 20.3 Å². The Hall–Kier alpha value is -0.830. The molecule has 0 aromatic carbocycles. The summed E-state index contributed by atoms with van der Waals surface area (Å²) in [5.74, 6) is 0. The Morgan fingerprint density at radius 2 is 2.06 bits per heavy atom. The molecule has 2 rings (SSSR count). The minimum atomic E-state index is 1.04. The summed E-state index contributed by atoms with van der Waals surface area (Å²) in [6.45, 7) is 6.53. The number of hydrogen-bond acceptors (Lipinski definition) is 1. The SMILES string of the molecule is CCCc1nc2ccc(Br)c(C)n2c1CC. The second kappa shape index (κ2) is 4.58. The molecule has 16 heavy (non-hydrogen) atoms. The molecule has 0 amide bonds. The molecule has 2 aromatic heterocycles. The van der Waals surface area contributed by atoms with Gasteiger partial charge in [0.15, 0.2) is 0 Å². The van der Waals surface area contributed by atoms with E-state index in [-0.39, 0.29) is 0 Å². The summed E-state index contributed by atoms with van der Waals surface area (Å²) < 4.78 is 3.42. The van der Waals surface area contributed by atoms with Crippen LogP contribution in [0.4, 0.5) is 0 Å². The van der Waals surface area contributed by atoms with E-state index in [1.807, 2.05) is 0 Å². The zero-order valence-corrected chi connectivity index (χ0v) is 11.6. The fourth-order valence-corrected chi connectivity index (χ4v) is 2.49. The van der Waals surface area contributed by atoms with Crippen LogP contribution in [-0.4, -0.2) is 9.38 Å². The van der Waals surface area contributed by atoms with E-state index in [0.717, 1.165) is 29.4 Å². The molecule has 2 nitrogen and oxygen atoms in total. The second-order valence-electron chi connectivity index (χ2n) is 4.07. The third kappa shape index (κ3) is 1.77. The van der Waals surface area contributed by atoms with Crippen LogP contribution in [0, 0.1) is 6.92 Å². The Kier molecular flexibility index (Phi) is 3.33. The predicted octanol–water partition coefficient (Wildman–Crippen LogP) is 3.92. The fraction of sp³-hybridized carbons (Fsp3) is 0.462. The Labute approximate surface area is 105 Å². The van der Waals surface area contributed by atoms with Crippen molar-refractivity contribution in [3.8, 4) is 0 Å². The first-order valence-electron chi connectivity index (χ1n) is 5.84. The van der Waals surface area contributed by atoms with Crippen LogP contribution in [0.1, 0.15) is 37.4 Å². The summed E-state index contributed by atoms with van der Waals surface area (Å²) in [6, 6.07) is 4.15. The lowest BCUT2D eigenvalue weighted by molar-refractivity contribution is 0.854. The van der Waals surface area contributed by atoms with Gasteiger partial charge in [0.1, 0.15) is 5.65 Å². The molecule has 0 radical (unpaired) electrons. The van der Waals surface area contributed by atoms with Gasteiger partial charge in [-0.25, -0.2) is 4.98 Å². The summed E-state index contributed by atoms with van der Waals surface area (Å²) in [6.07, 6.45) is 3.26. The van der Waals surface area contributed by atoms with Crippen LogP contribution in [0.15, 0.2) is 16.6 Å². The molecule has 0 atom stereocenters. The first-order valence-corrected chi connectivity index (χ1v) is 6.63. The molecule has 2 aromatic rings. The molecule has 2 heterocycles. The molecule has 0 saturated carbocycles. The van der Waals surface area contributed by atoms with Crippen molar-refractivity contribution in [2.24, 2.45) is 0 Å². The van der Waals surface area contributed by atoms with Gasteiger partial charge in [0, 0.05) is 15.9 Å². The number of nitrogens with zero attached hydrogens (tertiary/aromatic N) is 2. The van der Waals surface area contributed by atoms with Crippen molar-refractivity contribution in [3.05, 3.63) is 33.7 Å². The van der Waals surface area contributed by atoms with Crippen LogP contribution < -0.4 is 0 Å². The topological polar surface area (TPSA) is 17.3 Å². The minimum absolute atomic E-state index is 1.04. The largest absolute Gasteiger partial charge is 0.300 e. The molecule has 0 aliphatic carbocycles. The maximum absolute atomic E-state index is 4.72. The Morgan fingerprint density at radius 1 is 1.31 bits per heavy atom. The van der Waals surface area contributed by atoms with Crippen LogP contribution in [0.3, 0.4) is 0 Å². The molecule has 0 bridgehead atoms. The van der Waals surface area contributed by atoms with Gasteiger partial charge in [-0.05, 0) is 47.8 Å². The third-order valence-electron chi connectivity index (χ3n) is 2.96. The molecule has 0 spiro atoms. The van der Waals surface area contributed by atoms with Crippen molar-refractivity contribution in [2.45, 2.75) is 40.0 Å². The van der Waals surface area contributed by atoms with E-state index < -0.39 is 0 Å². The van der Waals surface area contributed by atoms with E-state index in [4.69, 9.17) is 4.98 Å². The number of imidazole rings is 1. The standard InChI is InChI=1S/C13H17BrN2/c1-4-6-11-12(5-2)16-9(3)10(14)7-8-13(16)15-11/h7-8H,4-6H2,1-3H3. The van der Waals surface area contributed by atoms with E-state index >= 15 is 0 Å². The summed E-state index contributed by atoms with van der Waals surface area (Å²) in [5, 5.41) is 0. The number of rotatable bonds is 3. The van der Waals surface area contributed by atoms with Crippen molar-refractivity contribution in [1.29, 1.82) is 0 Å². The monoisotopic (exact) mass is 280 g/mol. The van der Waals surface area contributed by atoms with Crippen molar-refractivity contribution >= 4 is 21.6 Å². The summed E-state index contributed by atoms with van der Waals surface area (Å²) in [5.41, 5.74) is 4.92. The Balaban J connectivity index is 2.73. The highest BCUT2D eigenvalue weighted by Crippen LogP contribution is 2.22. The second-order valence-corrected chi connectivity index (χ2v) is 4.92. The lowest BCUT2D eigenvalue weighted by Gasteiger charge is -2.06. The van der Waals surface area contributed by atoms with Gasteiger partial charge in [0.2, 0.25) is 0 Å². The maximum Gasteiger partial charge on any atom is 0.137 e. The van der Waals surface area contributed by atoms with Crippen molar-refractivity contribution in [2.75, 3.05) is 0 Å². The molecular weight excluding hydrogens is 264 g/mol. The van der Waals surface area contributed by atoms with Crippen LogP contribution in [0.5, 0.6) is 0 Å². The summed E-state index contributed by atoms with van der Waals surface area (Å²) in [7, 11) is 0. The van der Waals surface area contributed by atoms with Gasteiger partial charge in [0.25, 0.3) is 0 Å². The van der Waals surface area contributed by atoms with Crippen LogP contribution >= 0.6 is 15.9 Å². The van der Waals surface area contributed by atoms with Gasteiger partial charge in [-0.15, -0.1) is 0 Å². The molecule has 0 aliphatic heterocycles. The smallest absolute Gasteiger partial charge is 0.137 e. The average Bonchev–Trinajstić information content (AvgIpc) is 2.62. The highest BCUT2D eigenvalue weighted by molar-refractivity contribution is 9.10. The van der Waals surface area contributed by atoms with Gasteiger partial charge in [0.05, 0.1) is 5.69 Å². The van der Waals surface area contributed by atoms with E-state index in [2.05, 4.69) is 53.2 Å². The number of aryl methyl sites for hydroxylation is 3. The summed E-state index contributed by atoms with van der Waals surface area (Å²) in [4.78, 5) is 4.72. The number of halogens is 1. The fourth-order valence-electron chi connectivity index (χ4n) is 2.18. The number of hydrogen-bond donors (Lipinski definition) is 0. The highest BCUT2D eigenvalue weighted by Gasteiger charge is 2.12. The first kappa shape index (κ1) is 11.6. The van der Waals surface area contributed by atoms with Gasteiger partial charge < -0.3 is 0 Å². The number of aromatic nitrogens is 2. The first-order chi connectivity index (χ1) is 7.69. The number of fused-ring (bicyclic) bond motifs is 1. The van der Waals surface area contributed by atoms with Crippen LogP contribution in [-0.2, 0) is 12.8 Å². The van der Waals surface area contributed by atoms with Crippen molar-refractivity contribution in [1.82, 2.24) is 9.38 Å². The molecule has 0 N–H and O–H groups in total. The Bertz CT molecular complexity index is 514. The molecule has 3 heteroatoms. The summed E-state index contributed by atoms with van der Waals surface area (Å²) >= 11 is 3.58. The minimum Gasteiger partial charge on any atom is -0.300 e. The molecule has 0 fully saturated rings. The molecular formula is C13H17BrN2. The van der Waals surface area contributed by atoms with Gasteiger partial charge in [-0.2, -0.15) is 0 Å². The zero-order chi connectivity index (χ0) is 11.7. The lowest BCUT2D eigenvalue weighted by Crippen LogP contribution is -1.99. The normalized spacial score (nSPS) is 11.2. The quantitative estimate of drug-likeness (QED) is 0.833. The zero-order valence-electron chi connectivity index (χ0n) is 10.0. The lowest BCUT2D eigenvalue weighted by atomic mass is 10.2. The third-order valence-corrected chi connectivity index (χ3v) is 3.80. The van der Waals surface area contributed by atoms with Crippen LogP contribution in [0.2, 0.25) is 0 Å². The molecule has 0 aliphatic rings. The Morgan fingerprint density at radius 3 is 2.69 bits per heavy atom. The van der Waals surface area contributed by atoms with E-state index in [1.165, 1.54) is 17.1 Å². The maximum atomic E-state index is 4.72. The number of pyridine rings is 1. The van der Waals surface area contributed by atoms with Crippen molar-refractivity contribution in [3.63, 3.8) is 0 Å². The highest BCUT2D eigenvalue weighted by atomic mass is 79.9. The van der Waals surface area contributed by atoms with Crippen molar-refractivity contribution < 1.29 is 0 Å². The van der Waals surface area contributed by atoms with Crippen LogP contribution in [0.25, 0.3) is 5.65 Å². The van der Waals surface area contributed by atoms with Gasteiger partial charge in [-0.3, -0.25) is 4.40 Å². The van der Waals surface area contributed by atoms with E-state index in [1.54, 1.807) is 0 Å². The average molecular weight is 281 g/mol. The molecule has 86 valence electrons. The predicted molar refractivity (Wildman–Crippen MR) is 71.0 cm³/mol. The molecule has 0 saturated heterocycles.